The molecular weight excluding hydrogens is 540 g/mol. The number of sulfonamides is 1. The van der Waals surface area contributed by atoms with Gasteiger partial charge in [-0.15, -0.1) is 11.3 Å². The topological polar surface area (TPSA) is 141 Å². The first kappa shape index (κ1) is 28.0. The first-order valence-electron chi connectivity index (χ1n) is 12.1. The fraction of sp³-hybridized carbons (Fsp3) is 0.222. The van der Waals surface area contributed by atoms with Crippen molar-refractivity contribution in [2.75, 3.05) is 13.7 Å². The number of hydrogen-bond acceptors (Lipinski definition) is 7. The van der Waals surface area contributed by atoms with Gasteiger partial charge in [-0.3, -0.25) is 14.6 Å². The zero-order chi connectivity index (χ0) is 28.0. The molecule has 0 radical (unpaired) electrons. The molecule has 12 heteroatoms. The van der Waals surface area contributed by atoms with Crippen LogP contribution in [0, 0.1) is 0 Å². The summed E-state index contributed by atoms with van der Waals surface area (Å²) >= 11 is 1.49. The summed E-state index contributed by atoms with van der Waals surface area (Å²) in [5, 5.41) is 1.90. The maximum atomic E-state index is 14.1. The molecule has 0 aliphatic carbocycles. The molecule has 0 spiro atoms. The summed E-state index contributed by atoms with van der Waals surface area (Å²) in [6.07, 6.45) is 2.57. The highest BCUT2D eigenvalue weighted by Crippen LogP contribution is 2.24. The lowest BCUT2D eigenvalue weighted by Crippen LogP contribution is -2.43. The van der Waals surface area contributed by atoms with Gasteiger partial charge in [-0.1, -0.05) is 43.3 Å². The van der Waals surface area contributed by atoms with Crippen LogP contribution in [0.4, 0.5) is 0 Å². The minimum Gasteiger partial charge on any atom is -0.500 e. The number of aromatic amines is 2. The van der Waals surface area contributed by atoms with Crippen LogP contribution in [0.2, 0.25) is 0 Å². The van der Waals surface area contributed by atoms with Crippen molar-refractivity contribution in [3.63, 3.8) is 0 Å². The number of benzene rings is 2. The predicted molar refractivity (Wildman–Crippen MR) is 150 cm³/mol. The zero-order valence-electron chi connectivity index (χ0n) is 21.3. The molecule has 0 saturated carbocycles. The van der Waals surface area contributed by atoms with Crippen molar-refractivity contribution in [3.8, 4) is 0 Å². The van der Waals surface area contributed by atoms with Crippen LogP contribution in [0.25, 0.3) is 10.9 Å². The van der Waals surface area contributed by atoms with E-state index in [-0.39, 0.29) is 28.9 Å². The second-order valence-electron chi connectivity index (χ2n) is 8.64. The van der Waals surface area contributed by atoms with E-state index in [2.05, 4.69) is 14.7 Å². The van der Waals surface area contributed by atoms with Crippen LogP contribution in [0.5, 0.6) is 0 Å². The lowest BCUT2D eigenvalue weighted by atomic mass is 10.1. The van der Waals surface area contributed by atoms with Crippen LogP contribution in [0.1, 0.15) is 29.8 Å². The quantitative estimate of drug-likeness (QED) is 0.237. The number of rotatable bonds is 11. The Kier molecular flexibility index (Phi) is 8.79. The summed E-state index contributed by atoms with van der Waals surface area (Å²) in [7, 11) is -2.77. The third-order valence-electron chi connectivity index (χ3n) is 5.95. The number of hydrogen-bond donors (Lipinski definition) is 3. The second kappa shape index (κ2) is 12.2. The van der Waals surface area contributed by atoms with Gasteiger partial charge in [0, 0.05) is 4.88 Å². The number of fused-ring (bicyclic) bond motifs is 1. The SMILES string of the molecule is CC/C=C(/CN(Cc1cccs1)C(=O)C(NS(=O)(=O)c1ccc2[nH]c(=O)[nH]c(=O)c2c1)c1ccccc1)OC. The van der Waals surface area contributed by atoms with E-state index in [0.29, 0.717) is 17.7 Å². The third kappa shape index (κ3) is 6.72. The fourth-order valence-corrected chi connectivity index (χ4v) is 5.98. The van der Waals surface area contributed by atoms with E-state index in [1.165, 1.54) is 30.6 Å². The second-order valence-corrected chi connectivity index (χ2v) is 11.4. The molecule has 1 unspecified atom stereocenters. The van der Waals surface area contributed by atoms with E-state index in [4.69, 9.17) is 4.74 Å². The number of methoxy groups -OCH3 is 1. The molecule has 0 aliphatic rings. The van der Waals surface area contributed by atoms with Crippen LogP contribution < -0.4 is 16.0 Å². The number of amides is 1. The van der Waals surface area contributed by atoms with Gasteiger partial charge in [-0.2, -0.15) is 4.72 Å². The highest BCUT2D eigenvalue weighted by Gasteiger charge is 2.32. The van der Waals surface area contributed by atoms with Crippen LogP contribution in [0.15, 0.2) is 92.4 Å². The number of thiophene rings is 1. The largest absolute Gasteiger partial charge is 0.500 e. The van der Waals surface area contributed by atoms with E-state index in [1.807, 2.05) is 30.5 Å². The van der Waals surface area contributed by atoms with Crippen molar-refractivity contribution < 1.29 is 17.9 Å². The number of nitrogens with zero attached hydrogens (tertiary/aromatic N) is 1. The van der Waals surface area contributed by atoms with Gasteiger partial charge in [0.2, 0.25) is 15.9 Å². The normalized spacial score (nSPS) is 12.8. The van der Waals surface area contributed by atoms with Crippen LogP contribution >= 0.6 is 11.3 Å². The number of nitrogens with one attached hydrogen (secondary N) is 3. The van der Waals surface area contributed by atoms with E-state index in [1.54, 1.807) is 35.2 Å². The van der Waals surface area contributed by atoms with Gasteiger partial charge in [-0.25, -0.2) is 13.2 Å². The fourth-order valence-electron chi connectivity index (χ4n) is 4.05. The number of carbonyl (C=O) groups excluding carboxylic acids is 1. The summed E-state index contributed by atoms with van der Waals surface area (Å²) in [6.45, 7) is 2.35. The van der Waals surface area contributed by atoms with Crippen LogP contribution in [-0.4, -0.2) is 42.8 Å². The number of H-pyrrole nitrogens is 2. The van der Waals surface area contributed by atoms with E-state index in [9.17, 15) is 22.8 Å². The zero-order valence-corrected chi connectivity index (χ0v) is 23.0. The summed E-state index contributed by atoms with van der Waals surface area (Å²) in [4.78, 5) is 44.7. The van der Waals surface area contributed by atoms with Crippen molar-refractivity contribution in [3.05, 3.63) is 109 Å². The minimum atomic E-state index is -4.30. The lowest BCUT2D eigenvalue weighted by Gasteiger charge is -2.28. The molecule has 2 aromatic carbocycles. The van der Waals surface area contributed by atoms with Crippen LogP contribution in [0.3, 0.4) is 0 Å². The molecule has 1 amide bonds. The Bertz CT molecular complexity index is 1690. The Balaban J connectivity index is 1.74. The number of carbonyl (C=O) groups is 1. The molecule has 0 bridgehead atoms. The molecule has 4 rings (SSSR count). The van der Waals surface area contributed by atoms with Crippen LogP contribution in [-0.2, 0) is 26.1 Å². The highest BCUT2D eigenvalue weighted by molar-refractivity contribution is 7.89. The Morgan fingerprint density at radius 1 is 1.10 bits per heavy atom. The van der Waals surface area contributed by atoms with Gasteiger partial charge in [0.1, 0.15) is 11.8 Å². The maximum absolute atomic E-state index is 14.1. The van der Waals surface area contributed by atoms with Gasteiger partial charge in [0.25, 0.3) is 5.56 Å². The van der Waals surface area contributed by atoms with Crippen molar-refractivity contribution in [1.82, 2.24) is 19.6 Å². The molecule has 4 aromatic rings. The standard InChI is InChI=1S/C27H28N4O6S2/c1-3-8-19(37-2)16-31(17-20-11-7-14-38-20)26(33)24(18-9-5-4-6-10-18)30-39(35,36)21-12-13-23-22(15-21)25(32)29-27(34)28-23/h4-15,24,30H,3,16-17H2,1-2H3,(H2,28,29,32,34)/b19-8-. The van der Waals surface area contributed by atoms with E-state index < -0.39 is 33.2 Å². The Morgan fingerprint density at radius 3 is 2.54 bits per heavy atom. The van der Waals surface area contributed by atoms with Gasteiger partial charge in [0.15, 0.2) is 0 Å². The molecular formula is C27H28N4O6S2. The first-order valence-corrected chi connectivity index (χ1v) is 14.5. The molecule has 0 fully saturated rings. The summed E-state index contributed by atoms with van der Waals surface area (Å²) in [5.74, 6) is 0.111. The van der Waals surface area contributed by atoms with Crippen molar-refractivity contribution >= 4 is 38.2 Å². The minimum absolute atomic E-state index is 0.00572. The average molecular weight is 569 g/mol. The molecule has 3 N–H and O–H groups in total. The molecule has 10 nitrogen and oxygen atoms in total. The van der Waals surface area contributed by atoms with Crippen molar-refractivity contribution in [2.24, 2.45) is 0 Å². The number of allylic oxidation sites excluding steroid dienone is 1. The van der Waals surface area contributed by atoms with Crippen molar-refractivity contribution in [2.45, 2.75) is 30.8 Å². The van der Waals surface area contributed by atoms with Gasteiger partial charge < -0.3 is 14.6 Å². The molecule has 1 atom stereocenters. The monoisotopic (exact) mass is 568 g/mol. The summed E-state index contributed by atoms with van der Waals surface area (Å²) in [5.41, 5.74) is -0.785. The summed E-state index contributed by atoms with van der Waals surface area (Å²) in [6, 6.07) is 14.8. The van der Waals surface area contributed by atoms with Crippen molar-refractivity contribution in [1.29, 1.82) is 0 Å². The predicted octanol–water partition coefficient (Wildman–Crippen LogP) is 3.27. The summed E-state index contributed by atoms with van der Waals surface area (Å²) < 4.78 is 35.2. The maximum Gasteiger partial charge on any atom is 0.326 e. The molecule has 2 heterocycles. The molecule has 2 aromatic heterocycles. The first-order chi connectivity index (χ1) is 18.7. The smallest absolute Gasteiger partial charge is 0.326 e. The third-order valence-corrected chi connectivity index (χ3v) is 8.23. The van der Waals surface area contributed by atoms with Gasteiger partial charge >= 0.3 is 5.69 Å². The molecule has 0 aliphatic heterocycles. The Labute approximate surface area is 229 Å². The van der Waals surface area contributed by atoms with Gasteiger partial charge in [-0.05, 0) is 47.7 Å². The number of ether oxygens (including phenoxy) is 1. The Morgan fingerprint density at radius 2 is 1.87 bits per heavy atom. The highest BCUT2D eigenvalue weighted by atomic mass is 32.2. The van der Waals surface area contributed by atoms with E-state index >= 15 is 0 Å². The number of aromatic nitrogens is 2. The molecule has 39 heavy (non-hydrogen) atoms. The van der Waals surface area contributed by atoms with Gasteiger partial charge in [0.05, 0.1) is 36.0 Å². The molecule has 204 valence electrons. The Hall–Kier alpha value is -4.00. The molecule has 0 saturated heterocycles. The lowest BCUT2D eigenvalue weighted by molar-refractivity contribution is -0.133. The average Bonchev–Trinajstić information content (AvgIpc) is 3.44. The van der Waals surface area contributed by atoms with E-state index in [0.717, 1.165) is 10.9 Å².